The van der Waals surface area contributed by atoms with Crippen LogP contribution < -0.4 is 29.6 Å². The van der Waals surface area contributed by atoms with Crippen LogP contribution in [0, 0.1) is 0 Å². The van der Waals surface area contributed by atoms with Gasteiger partial charge in [0, 0.05) is 0 Å². The zero-order valence-electron chi connectivity index (χ0n) is 8.13. The Bertz CT molecular complexity index is 99.0. The minimum Gasteiger partial charge on any atom is -1.00 e. The molecule has 0 aliphatic carbocycles. The molecule has 0 aromatic carbocycles. The van der Waals surface area contributed by atoms with Crippen molar-refractivity contribution >= 4 is 8.69 Å². The van der Waals surface area contributed by atoms with Crippen molar-refractivity contribution < 1.29 is 44.6 Å². The first kappa shape index (κ1) is 13.6. The number of nitrogens with zero attached hydrogens (tertiary/aromatic N) is 1. The average molecular weight is 174 g/mol. The van der Waals surface area contributed by atoms with Crippen molar-refractivity contribution in [3.8, 4) is 0 Å². The molecule has 0 rings (SSSR count). The third kappa shape index (κ3) is 11.8. The summed E-state index contributed by atoms with van der Waals surface area (Å²) in [5, 5.41) is 0. The molecule has 0 saturated heterocycles. The molecule has 0 aliphatic heterocycles. The molecule has 0 unspecified atom stereocenters. The van der Waals surface area contributed by atoms with Crippen molar-refractivity contribution in [2.75, 3.05) is 34.3 Å². The largest absolute Gasteiger partial charge is 1.00 e. The second-order valence-corrected chi connectivity index (χ2v) is 3.33. The predicted molar refractivity (Wildman–Crippen MR) is 37.6 cm³/mol. The van der Waals surface area contributed by atoms with E-state index in [0.717, 1.165) is 11.0 Å². The normalized spacial score (nSPS) is 11.1. The van der Waals surface area contributed by atoms with Gasteiger partial charge in [0.05, 0.1) is 21.1 Å². The Morgan fingerprint density at radius 3 is 2.30 bits per heavy atom. The molecule has 0 heterocycles. The molecule has 0 aromatic heterocycles. The van der Waals surface area contributed by atoms with Crippen LogP contribution in [0.2, 0.25) is 0 Å². The van der Waals surface area contributed by atoms with Gasteiger partial charge < -0.3 is 5.91 Å². The summed E-state index contributed by atoms with van der Waals surface area (Å²) in [6.45, 7) is 1.43. The van der Waals surface area contributed by atoms with E-state index in [-0.39, 0.29) is 39.7 Å². The van der Waals surface area contributed by atoms with Gasteiger partial charge in [0.1, 0.15) is 13.2 Å². The van der Waals surface area contributed by atoms with Gasteiger partial charge in [-0.1, -0.05) is 0 Å². The molecule has 0 saturated carbocycles. The third-order valence-electron chi connectivity index (χ3n) is 0.906. The molecule has 0 fully saturated rings. The summed E-state index contributed by atoms with van der Waals surface area (Å²) in [4.78, 5) is 0. The molecule has 0 atom stereocenters. The van der Waals surface area contributed by atoms with E-state index >= 15 is 0 Å². The Morgan fingerprint density at radius 2 is 2.00 bits per heavy atom. The molecule has 0 aliphatic rings. The molecular weight excluding hydrogens is 160 g/mol. The van der Waals surface area contributed by atoms with Gasteiger partial charge in [0.15, 0.2) is 0 Å². The minimum atomic E-state index is -0.217. The second-order valence-electron chi connectivity index (χ2n) is 2.92. The summed E-state index contributed by atoms with van der Waals surface area (Å²) in [6.07, 6.45) is 0. The zero-order chi connectivity index (χ0) is 7.33. The van der Waals surface area contributed by atoms with Crippen molar-refractivity contribution in [2.24, 2.45) is 0 Å². The van der Waals surface area contributed by atoms with Gasteiger partial charge in [-0.05, 0) is 0 Å². The molecular formula is C5H14NNaO2P+. The van der Waals surface area contributed by atoms with Gasteiger partial charge in [-0.3, -0.25) is 4.52 Å². The summed E-state index contributed by atoms with van der Waals surface area (Å²) in [5.74, 6) is 0. The fraction of sp³-hybridized carbons (Fsp3) is 1.00. The van der Waals surface area contributed by atoms with E-state index < -0.39 is 0 Å². The smallest absolute Gasteiger partial charge is 1.00 e. The summed E-state index contributed by atoms with van der Waals surface area (Å²) in [7, 11) is 5.96. The van der Waals surface area contributed by atoms with Crippen LogP contribution in [0.3, 0.4) is 0 Å². The van der Waals surface area contributed by atoms with E-state index in [4.69, 9.17) is 0 Å². The molecule has 0 bridgehead atoms. The molecule has 0 aromatic rings. The molecule has 5 heteroatoms. The van der Waals surface area contributed by atoms with Crippen LogP contribution in [0.25, 0.3) is 0 Å². The number of rotatable bonds is 4. The monoisotopic (exact) mass is 174 g/mol. The average Bonchev–Trinajstić information content (AvgIpc) is 1.63. The third-order valence-corrected chi connectivity index (χ3v) is 1.19. The van der Waals surface area contributed by atoms with Crippen LogP contribution in [-0.4, -0.2) is 38.8 Å². The van der Waals surface area contributed by atoms with Gasteiger partial charge in [-0.15, -0.1) is 0 Å². The SMILES string of the molecule is C[N+](C)(C)CCOP=O.[H-].[Na+]. The van der Waals surface area contributed by atoms with E-state index in [9.17, 15) is 4.57 Å². The van der Waals surface area contributed by atoms with E-state index in [2.05, 4.69) is 25.7 Å². The molecule has 0 radical (unpaired) electrons. The van der Waals surface area contributed by atoms with Gasteiger partial charge in [-0.25, -0.2) is 4.57 Å². The van der Waals surface area contributed by atoms with Crippen LogP contribution >= 0.6 is 8.69 Å². The molecule has 56 valence electrons. The Labute approximate surface area is 87.4 Å². The maximum Gasteiger partial charge on any atom is 1.00 e. The van der Waals surface area contributed by atoms with Gasteiger partial charge in [0.2, 0.25) is 0 Å². The van der Waals surface area contributed by atoms with Crippen LogP contribution in [-0.2, 0) is 9.09 Å². The first-order chi connectivity index (χ1) is 4.06. The fourth-order valence-corrected chi connectivity index (χ4v) is 0.508. The number of likely N-dealkylation sites (N-methyl/N-ethyl adjacent to an activating group) is 1. The maximum atomic E-state index is 9.76. The summed E-state index contributed by atoms with van der Waals surface area (Å²) in [6, 6.07) is 0. The number of hydrogen-bond acceptors (Lipinski definition) is 2. The minimum absolute atomic E-state index is 0. The van der Waals surface area contributed by atoms with Crippen LogP contribution in [0.5, 0.6) is 0 Å². The second kappa shape index (κ2) is 6.71. The van der Waals surface area contributed by atoms with Crippen LogP contribution in [0.15, 0.2) is 0 Å². The first-order valence-electron chi connectivity index (χ1n) is 2.81. The topological polar surface area (TPSA) is 26.3 Å². The van der Waals surface area contributed by atoms with Crippen molar-refractivity contribution in [1.29, 1.82) is 0 Å². The zero-order valence-corrected chi connectivity index (χ0v) is 10.0. The van der Waals surface area contributed by atoms with Crippen molar-refractivity contribution in [3.05, 3.63) is 0 Å². The Balaban J connectivity index is -0.000000320. The van der Waals surface area contributed by atoms with Crippen LogP contribution in [0.4, 0.5) is 0 Å². The summed E-state index contributed by atoms with van der Waals surface area (Å²) < 4.78 is 15.2. The van der Waals surface area contributed by atoms with E-state index in [1.165, 1.54) is 0 Å². The summed E-state index contributed by atoms with van der Waals surface area (Å²) >= 11 is 0. The number of hydrogen-bond donors (Lipinski definition) is 0. The quantitative estimate of drug-likeness (QED) is 0.214. The first-order valence-corrected chi connectivity index (χ1v) is 3.54. The number of quaternary nitrogens is 1. The van der Waals surface area contributed by atoms with E-state index in [1.807, 2.05) is 0 Å². The van der Waals surface area contributed by atoms with Crippen LogP contribution in [0.1, 0.15) is 1.43 Å². The predicted octanol–water partition coefficient (Wildman–Crippen LogP) is -1.97. The molecule has 0 N–H and O–H groups in total. The van der Waals surface area contributed by atoms with E-state index in [0.29, 0.717) is 6.61 Å². The molecule has 3 nitrogen and oxygen atoms in total. The Morgan fingerprint density at radius 1 is 1.50 bits per heavy atom. The molecule has 10 heavy (non-hydrogen) atoms. The maximum absolute atomic E-state index is 9.76. The standard InChI is InChI=1S/C5H13NO2P.Na.H/c1-6(2,3)4-5-8-9-7;;/h4-5H2,1-3H3;;/q2*+1;-1. The van der Waals surface area contributed by atoms with Crippen molar-refractivity contribution in [2.45, 2.75) is 0 Å². The van der Waals surface area contributed by atoms with Gasteiger partial charge in [0.25, 0.3) is 0 Å². The van der Waals surface area contributed by atoms with Crippen molar-refractivity contribution in [1.82, 2.24) is 0 Å². The van der Waals surface area contributed by atoms with Crippen molar-refractivity contribution in [3.63, 3.8) is 0 Å². The fourth-order valence-electron chi connectivity index (χ4n) is 0.352. The summed E-state index contributed by atoms with van der Waals surface area (Å²) in [5.41, 5.74) is 0. The molecule has 0 spiro atoms. The Kier molecular flexibility index (Phi) is 9.13. The van der Waals surface area contributed by atoms with Gasteiger partial charge in [-0.2, -0.15) is 0 Å². The Hall–Kier alpha value is 1.02. The molecule has 0 amide bonds. The van der Waals surface area contributed by atoms with E-state index in [1.54, 1.807) is 0 Å². The van der Waals surface area contributed by atoms with Gasteiger partial charge >= 0.3 is 38.2 Å².